The van der Waals surface area contributed by atoms with Crippen molar-refractivity contribution in [2.24, 2.45) is 0 Å². The van der Waals surface area contributed by atoms with Gasteiger partial charge in [0.1, 0.15) is 18.0 Å². The summed E-state index contributed by atoms with van der Waals surface area (Å²) >= 11 is 0. The quantitative estimate of drug-likeness (QED) is 0.759. The lowest BCUT2D eigenvalue weighted by molar-refractivity contribution is -0.145. The molecule has 8 heteroatoms. The summed E-state index contributed by atoms with van der Waals surface area (Å²) in [6, 6.07) is 5.21. The maximum Gasteiger partial charge on any atom is 0.323 e. The van der Waals surface area contributed by atoms with Gasteiger partial charge in [-0.25, -0.2) is 0 Å². The van der Waals surface area contributed by atoms with Crippen molar-refractivity contribution in [3.05, 3.63) is 23.8 Å². The molecule has 8 nitrogen and oxygen atoms in total. The number of methoxy groups -OCH3 is 1. The lowest BCUT2D eigenvalue weighted by atomic mass is 10.1. The van der Waals surface area contributed by atoms with Crippen LogP contribution in [0.25, 0.3) is 0 Å². The van der Waals surface area contributed by atoms with Crippen LogP contribution in [0.1, 0.15) is 31.7 Å². The van der Waals surface area contributed by atoms with Crippen LogP contribution >= 0.6 is 0 Å². The number of carboxylic acid groups (broad SMARTS) is 1. The highest BCUT2D eigenvalue weighted by Crippen LogP contribution is 2.23. The minimum atomic E-state index is -1.03. The first-order valence-corrected chi connectivity index (χ1v) is 9.36. The molecule has 1 atom stereocenters. The molecule has 0 bridgehead atoms. The number of carboxylic acids is 1. The number of ether oxygens (including phenoxy) is 2. The van der Waals surface area contributed by atoms with Crippen LogP contribution in [0.15, 0.2) is 18.2 Å². The minimum absolute atomic E-state index is 0.0675. The number of benzene rings is 1. The first-order chi connectivity index (χ1) is 13.3. The fourth-order valence-corrected chi connectivity index (χ4v) is 3.46. The summed E-state index contributed by atoms with van der Waals surface area (Å²) in [4.78, 5) is 38.4. The molecular formula is C20H28N2O6. The molecule has 0 aromatic heterocycles. The second kappa shape index (κ2) is 9.96. The molecule has 1 heterocycles. The van der Waals surface area contributed by atoms with Gasteiger partial charge in [-0.2, -0.15) is 0 Å². The predicted molar refractivity (Wildman–Crippen MR) is 102 cm³/mol. The molecule has 1 N–H and O–H groups in total. The van der Waals surface area contributed by atoms with E-state index in [-0.39, 0.29) is 31.0 Å². The van der Waals surface area contributed by atoms with Crippen LogP contribution in [-0.4, -0.2) is 72.1 Å². The zero-order chi connectivity index (χ0) is 20.7. The van der Waals surface area contributed by atoms with E-state index in [1.54, 1.807) is 24.1 Å². The van der Waals surface area contributed by atoms with E-state index in [0.29, 0.717) is 38.1 Å². The maximum atomic E-state index is 12.5. The highest BCUT2D eigenvalue weighted by Gasteiger charge is 2.27. The third-order valence-electron chi connectivity index (χ3n) is 4.93. The van der Waals surface area contributed by atoms with E-state index < -0.39 is 5.97 Å². The molecule has 1 saturated heterocycles. The summed E-state index contributed by atoms with van der Waals surface area (Å²) in [5.41, 5.74) is 0.924. The number of rotatable bonds is 7. The molecule has 0 radical (unpaired) electrons. The lowest BCUT2D eigenvalue weighted by Gasteiger charge is -2.28. The van der Waals surface area contributed by atoms with Gasteiger partial charge in [0.15, 0.2) is 6.61 Å². The van der Waals surface area contributed by atoms with Gasteiger partial charge in [0.25, 0.3) is 5.91 Å². The molecule has 1 unspecified atom stereocenters. The van der Waals surface area contributed by atoms with Gasteiger partial charge in [-0.15, -0.1) is 0 Å². The zero-order valence-electron chi connectivity index (χ0n) is 16.6. The lowest BCUT2D eigenvalue weighted by Crippen LogP contribution is -2.43. The average molecular weight is 392 g/mol. The fraction of sp³-hybridized carbons (Fsp3) is 0.550. The van der Waals surface area contributed by atoms with E-state index >= 15 is 0 Å². The molecule has 0 saturated carbocycles. The topological polar surface area (TPSA) is 96.4 Å². The van der Waals surface area contributed by atoms with Crippen molar-refractivity contribution in [1.29, 1.82) is 0 Å². The molecule has 1 aliphatic rings. The van der Waals surface area contributed by atoms with Gasteiger partial charge in [0, 0.05) is 26.1 Å². The Labute approximate surface area is 165 Å². The van der Waals surface area contributed by atoms with Gasteiger partial charge >= 0.3 is 5.97 Å². The minimum Gasteiger partial charge on any atom is -0.496 e. The normalized spacial score (nSPS) is 16.8. The van der Waals surface area contributed by atoms with Crippen molar-refractivity contribution in [3.8, 4) is 11.5 Å². The van der Waals surface area contributed by atoms with Gasteiger partial charge in [-0.05, 0) is 49.9 Å². The number of aryl methyl sites for hydroxylation is 1. The Morgan fingerprint density at radius 3 is 2.61 bits per heavy atom. The Morgan fingerprint density at radius 2 is 2.00 bits per heavy atom. The Kier molecular flexibility index (Phi) is 7.66. The van der Waals surface area contributed by atoms with E-state index in [1.165, 1.54) is 11.8 Å². The van der Waals surface area contributed by atoms with Gasteiger partial charge in [0.05, 0.1) is 7.11 Å². The highest BCUT2D eigenvalue weighted by molar-refractivity contribution is 5.80. The number of nitrogens with zero attached hydrogens (tertiary/aromatic N) is 2. The summed E-state index contributed by atoms with van der Waals surface area (Å²) in [5, 5.41) is 9.02. The summed E-state index contributed by atoms with van der Waals surface area (Å²) in [5.74, 6) is -0.0557. The van der Waals surface area contributed by atoms with Crippen molar-refractivity contribution in [2.45, 2.75) is 39.2 Å². The fourth-order valence-electron chi connectivity index (χ4n) is 3.46. The summed E-state index contributed by atoms with van der Waals surface area (Å²) < 4.78 is 10.8. The van der Waals surface area contributed by atoms with E-state index in [0.717, 1.165) is 11.3 Å². The molecular weight excluding hydrogens is 364 g/mol. The first kappa shape index (κ1) is 21.5. The van der Waals surface area contributed by atoms with Gasteiger partial charge < -0.3 is 24.4 Å². The smallest absolute Gasteiger partial charge is 0.323 e. The number of likely N-dealkylation sites (tertiary alicyclic amines) is 1. The second-order valence-electron chi connectivity index (χ2n) is 6.93. The summed E-state index contributed by atoms with van der Waals surface area (Å²) in [6.07, 6.45) is 1.94. The summed E-state index contributed by atoms with van der Waals surface area (Å²) in [7, 11) is 1.60. The number of hydrogen-bond acceptors (Lipinski definition) is 5. The molecule has 0 aliphatic carbocycles. The maximum absolute atomic E-state index is 12.5. The largest absolute Gasteiger partial charge is 0.496 e. The van der Waals surface area contributed by atoms with Crippen molar-refractivity contribution >= 4 is 17.8 Å². The van der Waals surface area contributed by atoms with Crippen LogP contribution in [0.2, 0.25) is 0 Å². The number of hydrogen-bond donors (Lipinski definition) is 1. The molecule has 0 spiro atoms. The van der Waals surface area contributed by atoms with E-state index in [2.05, 4.69) is 0 Å². The van der Waals surface area contributed by atoms with Crippen molar-refractivity contribution in [1.82, 2.24) is 9.80 Å². The SMILES string of the molecule is COc1ccc(OCC(=O)N2CCCC(N(CC(=O)O)C(C)=O)CC2)cc1C. The molecule has 1 aromatic carbocycles. The zero-order valence-corrected chi connectivity index (χ0v) is 16.6. The molecule has 1 fully saturated rings. The van der Waals surface area contributed by atoms with E-state index in [1.807, 2.05) is 13.0 Å². The van der Waals surface area contributed by atoms with Crippen LogP contribution in [0.3, 0.4) is 0 Å². The number of carbonyl (C=O) groups excluding carboxylic acids is 2. The third kappa shape index (κ3) is 5.87. The standard InChI is InChI=1S/C20H28N2O6/c1-14-11-17(6-7-18(14)27-3)28-13-19(24)21-9-4-5-16(8-10-21)22(15(2)23)12-20(25)26/h6-7,11,16H,4-5,8-10,12-13H2,1-3H3,(H,25,26). The van der Waals surface area contributed by atoms with Crippen LogP contribution in [0, 0.1) is 6.92 Å². The molecule has 1 aromatic rings. The number of aliphatic carboxylic acids is 1. The molecule has 2 rings (SSSR count). The number of amides is 2. The summed E-state index contributed by atoms with van der Waals surface area (Å²) in [6.45, 7) is 3.94. The van der Waals surface area contributed by atoms with Gasteiger partial charge in [-0.1, -0.05) is 0 Å². The van der Waals surface area contributed by atoms with Crippen LogP contribution in [0.4, 0.5) is 0 Å². The molecule has 28 heavy (non-hydrogen) atoms. The Morgan fingerprint density at radius 1 is 1.25 bits per heavy atom. The monoisotopic (exact) mass is 392 g/mol. The Hall–Kier alpha value is -2.77. The van der Waals surface area contributed by atoms with Gasteiger partial charge in [0.2, 0.25) is 5.91 Å². The third-order valence-corrected chi connectivity index (χ3v) is 4.93. The molecule has 1 aliphatic heterocycles. The number of carbonyl (C=O) groups is 3. The van der Waals surface area contributed by atoms with Crippen molar-refractivity contribution < 1.29 is 29.0 Å². The van der Waals surface area contributed by atoms with Gasteiger partial charge in [-0.3, -0.25) is 14.4 Å². The first-order valence-electron chi connectivity index (χ1n) is 9.36. The average Bonchev–Trinajstić information content (AvgIpc) is 2.90. The Bertz CT molecular complexity index is 721. The molecule has 154 valence electrons. The predicted octanol–water partition coefficient (Wildman–Crippen LogP) is 1.70. The van der Waals surface area contributed by atoms with Crippen molar-refractivity contribution in [3.63, 3.8) is 0 Å². The highest BCUT2D eigenvalue weighted by atomic mass is 16.5. The van der Waals surface area contributed by atoms with Crippen molar-refractivity contribution in [2.75, 3.05) is 33.4 Å². The Balaban J connectivity index is 1.90. The second-order valence-corrected chi connectivity index (χ2v) is 6.93. The van der Waals surface area contributed by atoms with Crippen LogP contribution in [0.5, 0.6) is 11.5 Å². The molecule has 2 amide bonds. The van der Waals surface area contributed by atoms with Crippen LogP contribution < -0.4 is 9.47 Å². The van der Waals surface area contributed by atoms with E-state index in [4.69, 9.17) is 14.6 Å². The van der Waals surface area contributed by atoms with Crippen LogP contribution in [-0.2, 0) is 14.4 Å². The van der Waals surface area contributed by atoms with E-state index in [9.17, 15) is 14.4 Å².